The van der Waals surface area contributed by atoms with E-state index in [1.165, 1.54) is 0 Å². The molecular weight excluding hydrogens is 945 g/mol. The number of rotatable bonds is 4. The van der Waals surface area contributed by atoms with Crippen molar-refractivity contribution >= 4 is 5.97 Å². The van der Waals surface area contributed by atoms with Gasteiger partial charge in [-0.3, -0.25) is 0 Å². The van der Waals surface area contributed by atoms with E-state index in [-0.39, 0.29) is 67.6 Å². The summed E-state index contributed by atoms with van der Waals surface area (Å²) in [6.45, 7) is 39.4. The van der Waals surface area contributed by atoms with Crippen molar-refractivity contribution in [2.75, 3.05) is 13.2 Å². The number of phenolic OH excluding ortho intramolecular Hbond substituents is 5. The van der Waals surface area contributed by atoms with E-state index < -0.39 is 38.5 Å². The number of aryl methyl sites for hydroxylation is 2. The van der Waals surface area contributed by atoms with Gasteiger partial charge in [0.15, 0.2) is 6.61 Å². The van der Waals surface area contributed by atoms with Crippen LogP contribution in [0.1, 0.15) is 218 Å². The topological polar surface area (TPSA) is 137 Å². The van der Waals surface area contributed by atoms with Gasteiger partial charge < -0.3 is 35.0 Å². The lowest BCUT2D eigenvalue weighted by Crippen LogP contribution is -2.24. The summed E-state index contributed by atoms with van der Waals surface area (Å²) in [6, 6.07) is 24.7. The molecule has 406 valence electrons. The molecule has 6 aromatic rings. The summed E-state index contributed by atoms with van der Waals surface area (Å²) in [6.07, 6.45) is 0.979. The fourth-order valence-corrected chi connectivity index (χ4v) is 11.1. The van der Waals surface area contributed by atoms with Gasteiger partial charge in [0, 0.05) is 36.5 Å². The van der Waals surface area contributed by atoms with Gasteiger partial charge in [-0.1, -0.05) is 195 Å². The van der Waals surface area contributed by atoms with Crippen LogP contribution in [0.2, 0.25) is 0 Å². The smallest absolute Gasteiger partial charge is 0.344 e. The lowest BCUT2D eigenvalue weighted by Gasteiger charge is -2.33. The summed E-state index contributed by atoms with van der Waals surface area (Å²) in [5.74, 6) is 0.794. The van der Waals surface area contributed by atoms with Crippen molar-refractivity contribution in [1.29, 1.82) is 0 Å². The molecule has 0 aromatic heterocycles. The fourth-order valence-electron chi connectivity index (χ4n) is 11.1. The van der Waals surface area contributed by atoms with Gasteiger partial charge in [-0.2, -0.15) is 0 Å². The van der Waals surface area contributed by atoms with Crippen LogP contribution in [-0.2, 0) is 67.7 Å². The number of ether oxygens (including phenoxy) is 2. The molecule has 0 unspecified atom stereocenters. The highest BCUT2D eigenvalue weighted by atomic mass is 16.6. The van der Waals surface area contributed by atoms with Gasteiger partial charge in [0.1, 0.15) is 34.5 Å². The van der Waals surface area contributed by atoms with E-state index in [9.17, 15) is 30.3 Å². The Balaban J connectivity index is 1.62. The van der Waals surface area contributed by atoms with E-state index in [4.69, 9.17) is 9.47 Å². The van der Waals surface area contributed by atoms with Crippen molar-refractivity contribution in [1.82, 2.24) is 0 Å². The van der Waals surface area contributed by atoms with Gasteiger partial charge in [-0.05, 0) is 131 Å². The first-order chi connectivity index (χ1) is 34.9. The largest absolute Gasteiger partial charge is 0.507 e. The predicted molar refractivity (Wildman–Crippen MR) is 309 cm³/mol. The molecule has 76 heavy (non-hydrogen) atoms. The van der Waals surface area contributed by atoms with Crippen LogP contribution in [0.4, 0.5) is 0 Å². The molecular formula is C68H86O8. The van der Waals surface area contributed by atoms with Crippen LogP contribution in [0.25, 0.3) is 0 Å². The molecule has 0 radical (unpaired) electrons. The second-order valence-corrected chi connectivity index (χ2v) is 27.0. The van der Waals surface area contributed by atoms with Crippen LogP contribution in [0.5, 0.6) is 34.5 Å². The van der Waals surface area contributed by atoms with E-state index >= 15 is 0 Å². The van der Waals surface area contributed by atoms with Crippen molar-refractivity contribution in [3.05, 3.63) is 173 Å². The first-order valence-corrected chi connectivity index (χ1v) is 27.1. The molecule has 6 aromatic carbocycles. The summed E-state index contributed by atoms with van der Waals surface area (Å²) >= 11 is 0. The van der Waals surface area contributed by atoms with Crippen LogP contribution in [0.3, 0.4) is 0 Å². The maximum absolute atomic E-state index is 13.2. The second kappa shape index (κ2) is 20.2. The first kappa shape index (κ1) is 57.3. The number of carbonyl (C=O) groups excluding carboxylic acids is 1. The fraction of sp³-hybridized carbons (Fsp3) is 0.456. The molecule has 0 atom stereocenters. The third kappa shape index (κ3) is 11.5. The van der Waals surface area contributed by atoms with E-state index in [0.717, 1.165) is 66.8 Å². The Labute approximate surface area is 454 Å². The molecule has 5 N–H and O–H groups in total. The van der Waals surface area contributed by atoms with E-state index in [0.29, 0.717) is 39.1 Å². The molecule has 0 saturated carbocycles. The molecule has 0 fully saturated rings. The number of phenols is 5. The molecule has 1 aliphatic carbocycles. The third-order valence-electron chi connectivity index (χ3n) is 15.8. The summed E-state index contributed by atoms with van der Waals surface area (Å²) in [4.78, 5) is 13.2. The number of fused-ring (bicyclic) bond motifs is 12. The van der Waals surface area contributed by atoms with Crippen LogP contribution in [0, 0.1) is 13.8 Å². The molecule has 0 heterocycles. The molecule has 0 amide bonds. The standard InChI is InChI=1S/C68H86O8/c1-20-75-56(69)37-76-62-46-23-39(3)24-47(62)28-45-32-51(36-55(61(45)74)66(13,14)15)68(18,19)49-30-43(59(72)53(34-49)64(7,8)9)26-41-22-38(2)21-40(57(41)70)25-42-29-48(33-52(58(42)71)63(4,5)6)67(16,17)50-31-44(27-46)60(73)54(35-50)65(10,11)12/h21-24,29-36,70-74H,20,25-28,37H2,1-19H3. The van der Waals surface area contributed by atoms with Gasteiger partial charge in [-0.15, -0.1) is 0 Å². The van der Waals surface area contributed by atoms with Crippen LogP contribution >= 0.6 is 0 Å². The lowest BCUT2D eigenvalue weighted by molar-refractivity contribution is -0.145. The van der Waals surface area contributed by atoms with Gasteiger partial charge in [-0.25, -0.2) is 4.79 Å². The Hall–Kier alpha value is -6.41. The van der Waals surface area contributed by atoms with Gasteiger partial charge in [0.25, 0.3) is 0 Å². The van der Waals surface area contributed by atoms with Crippen molar-refractivity contribution in [2.45, 2.75) is 190 Å². The summed E-state index contributed by atoms with van der Waals surface area (Å²) in [7, 11) is 0. The highest BCUT2D eigenvalue weighted by Crippen LogP contribution is 2.48. The highest BCUT2D eigenvalue weighted by molar-refractivity contribution is 5.71. The quantitative estimate of drug-likeness (QED) is 0.110. The zero-order chi connectivity index (χ0) is 56.6. The van der Waals surface area contributed by atoms with Crippen LogP contribution in [0.15, 0.2) is 72.8 Å². The third-order valence-corrected chi connectivity index (χ3v) is 15.8. The minimum atomic E-state index is -0.687. The first-order valence-electron chi connectivity index (χ1n) is 27.1. The Morgan fingerprint density at radius 2 is 0.671 bits per heavy atom. The van der Waals surface area contributed by atoms with Crippen molar-refractivity contribution < 1.29 is 39.8 Å². The number of hydrogen-bond donors (Lipinski definition) is 5. The maximum atomic E-state index is 13.2. The minimum Gasteiger partial charge on any atom is -0.507 e. The van der Waals surface area contributed by atoms with Gasteiger partial charge >= 0.3 is 5.97 Å². The van der Waals surface area contributed by atoms with Crippen molar-refractivity contribution in [3.63, 3.8) is 0 Å². The van der Waals surface area contributed by atoms with Crippen LogP contribution in [-0.4, -0.2) is 44.7 Å². The number of hydrogen-bond acceptors (Lipinski definition) is 8. The Morgan fingerprint density at radius 3 is 0.934 bits per heavy atom. The number of carbonyl (C=O) groups is 1. The van der Waals surface area contributed by atoms with Gasteiger partial charge in [0.2, 0.25) is 0 Å². The van der Waals surface area contributed by atoms with Gasteiger partial charge in [0.05, 0.1) is 6.61 Å². The van der Waals surface area contributed by atoms with E-state index in [1.54, 1.807) is 6.92 Å². The minimum absolute atomic E-state index is 0.114. The molecule has 0 saturated heterocycles. The van der Waals surface area contributed by atoms with Crippen LogP contribution < -0.4 is 4.74 Å². The molecule has 12 bridgehead atoms. The second-order valence-electron chi connectivity index (χ2n) is 27.0. The summed E-state index contributed by atoms with van der Waals surface area (Å²) < 4.78 is 12.0. The SMILES string of the molecule is CCOC(=O)COc1c2cc(C)cc1Cc1cc(cc(C(C)(C)C)c1O)C(C)(C)c1cc(c(O)c(C(C)(C)C)c1)Cc1cc(C)cc(c1O)Cc1cc(cc(C(C)(C)C)c1O)C(C)(C)c1cc(c(O)c(C(C)(C)C)c1)C2. The van der Waals surface area contributed by atoms with E-state index in [1.807, 2.05) is 38.1 Å². The molecule has 8 nitrogen and oxygen atoms in total. The average Bonchev–Trinajstić information content (AvgIpc) is 3.28. The molecule has 8 heteroatoms. The Morgan fingerprint density at radius 1 is 0.421 bits per heavy atom. The Kier molecular flexibility index (Phi) is 15.2. The predicted octanol–water partition coefficient (Wildman–Crippen LogP) is 15.3. The number of esters is 1. The molecule has 0 aliphatic heterocycles. The normalized spacial score (nSPS) is 14.9. The molecule has 7 rings (SSSR count). The zero-order valence-electron chi connectivity index (χ0n) is 49.1. The average molecular weight is 1030 g/mol. The summed E-state index contributed by atoms with van der Waals surface area (Å²) in [5.41, 5.74) is 11.1. The van der Waals surface area contributed by atoms with E-state index in [2.05, 4.69) is 159 Å². The number of aromatic hydroxyl groups is 5. The Bertz CT molecular complexity index is 3030. The van der Waals surface area contributed by atoms with Crippen molar-refractivity contribution in [2.24, 2.45) is 0 Å². The maximum Gasteiger partial charge on any atom is 0.344 e. The number of benzene rings is 6. The monoisotopic (exact) mass is 1030 g/mol. The molecule has 1 aliphatic rings. The lowest BCUT2D eigenvalue weighted by atomic mass is 9.71. The zero-order valence-corrected chi connectivity index (χ0v) is 49.1. The van der Waals surface area contributed by atoms with Crippen molar-refractivity contribution in [3.8, 4) is 34.5 Å². The summed E-state index contributed by atoms with van der Waals surface area (Å²) in [5, 5.41) is 62.0. The molecule has 0 spiro atoms. The highest BCUT2D eigenvalue weighted by Gasteiger charge is 2.35.